The summed E-state index contributed by atoms with van der Waals surface area (Å²) in [4.78, 5) is 2.06. The topological polar surface area (TPSA) is 72.9 Å². The Morgan fingerprint density at radius 2 is 1.86 bits per heavy atom. The van der Waals surface area contributed by atoms with Gasteiger partial charge in [0.05, 0.1) is 37.2 Å². The van der Waals surface area contributed by atoms with Gasteiger partial charge in [0.15, 0.2) is 0 Å². The van der Waals surface area contributed by atoms with Gasteiger partial charge in [-0.25, -0.2) is 9.07 Å². The van der Waals surface area contributed by atoms with Gasteiger partial charge < -0.3 is 19.0 Å². The van der Waals surface area contributed by atoms with E-state index in [9.17, 15) is 9.50 Å². The van der Waals surface area contributed by atoms with Gasteiger partial charge in [0.25, 0.3) is 0 Å². The van der Waals surface area contributed by atoms with Crippen molar-refractivity contribution < 1.29 is 23.4 Å². The maximum Gasteiger partial charge on any atom is 0.222 e. The molecule has 0 aliphatic carbocycles. The molecule has 2 heterocycles. The van der Waals surface area contributed by atoms with E-state index in [-0.39, 0.29) is 18.5 Å². The normalized spacial score (nSPS) is 12.4. The molecule has 1 N–H and O–H groups in total. The van der Waals surface area contributed by atoms with Crippen molar-refractivity contribution in [3.05, 3.63) is 90.1 Å². The summed E-state index contributed by atoms with van der Waals surface area (Å²) in [7, 11) is 1.80. The number of benzene rings is 2. The summed E-state index contributed by atoms with van der Waals surface area (Å²) >= 11 is 0. The van der Waals surface area contributed by atoms with Crippen LogP contribution in [0, 0.1) is 5.82 Å². The Morgan fingerprint density at radius 3 is 2.56 bits per heavy atom. The molecule has 2 aromatic heterocycles. The van der Waals surface area contributed by atoms with E-state index in [4.69, 9.17) is 19.0 Å². The Morgan fingerprint density at radius 1 is 1.06 bits per heavy atom. The number of hydrogen-bond acceptors (Lipinski definition) is 6. The van der Waals surface area contributed by atoms with E-state index in [0.29, 0.717) is 31.3 Å². The standard InChI is InChI=1S/C28H32FN3O4/c1-20(2)35-19-23(33)16-32(17-25-13-8-14-34-25)18-26-27(21-9-5-4-6-10-21)30-31(3)28(26)36-24-12-7-11-22(29)15-24/h4-15,20,23,33H,16-19H2,1-3H3. The molecule has 36 heavy (non-hydrogen) atoms. The third kappa shape index (κ3) is 6.81. The summed E-state index contributed by atoms with van der Waals surface area (Å²) in [5.41, 5.74) is 2.50. The fourth-order valence-corrected chi connectivity index (χ4v) is 3.98. The Kier molecular flexibility index (Phi) is 8.53. The van der Waals surface area contributed by atoms with Crippen molar-refractivity contribution in [1.82, 2.24) is 14.7 Å². The average molecular weight is 494 g/mol. The molecule has 4 aromatic rings. The van der Waals surface area contributed by atoms with E-state index in [1.807, 2.05) is 56.3 Å². The molecule has 0 radical (unpaired) electrons. The van der Waals surface area contributed by atoms with Crippen molar-refractivity contribution in [2.45, 2.75) is 39.1 Å². The number of nitrogens with zero attached hydrogens (tertiary/aromatic N) is 3. The summed E-state index contributed by atoms with van der Waals surface area (Å²) in [6.07, 6.45) is 0.947. The molecule has 1 atom stereocenters. The zero-order chi connectivity index (χ0) is 25.5. The zero-order valence-electron chi connectivity index (χ0n) is 20.8. The number of rotatable bonds is 12. The van der Waals surface area contributed by atoms with Crippen molar-refractivity contribution >= 4 is 0 Å². The Hall–Kier alpha value is -3.46. The molecule has 4 rings (SSSR count). The molecule has 0 aliphatic rings. The monoisotopic (exact) mass is 493 g/mol. The third-order valence-corrected chi connectivity index (χ3v) is 5.58. The molecular formula is C28H32FN3O4. The zero-order valence-corrected chi connectivity index (χ0v) is 20.8. The van der Waals surface area contributed by atoms with Gasteiger partial charge in [0, 0.05) is 31.8 Å². The Labute approximate surface area is 210 Å². The third-order valence-electron chi connectivity index (χ3n) is 5.58. The first-order valence-corrected chi connectivity index (χ1v) is 12.0. The van der Waals surface area contributed by atoms with Gasteiger partial charge in [-0.2, -0.15) is 5.10 Å². The van der Waals surface area contributed by atoms with Crippen molar-refractivity contribution in [2.24, 2.45) is 7.05 Å². The van der Waals surface area contributed by atoms with E-state index in [1.54, 1.807) is 30.1 Å². The Balaban J connectivity index is 1.69. The van der Waals surface area contributed by atoms with Crippen LogP contribution in [0.2, 0.25) is 0 Å². The quantitative estimate of drug-likeness (QED) is 0.285. The molecule has 0 amide bonds. The van der Waals surface area contributed by atoms with E-state index in [2.05, 4.69) is 4.90 Å². The Bertz CT molecular complexity index is 1230. The van der Waals surface area contributed by atoms with Crippen molar-refractivity contribution in [3.63, 3.8) is 0 Å². The molecule has 8 heteroatoms. The molecule has 0 aliphatic heterocycles. The molecule has 0 saturated carbocycles. The molecule has 7 nitrogen and oxygen atoms in total. The molecule has 190 valence electrons. The molecule has 0 fully saturated rings. The lowest BCUT2D eigenvalue weighted by atomic mass is 10.1. The molecule has 2 aromatic carbocycles. The highest BCUT2D eigenvalue weighted by molar-refractivity contribution is 5.65. The first-order valence-electron chi connectivity index (χ1n) is 12.0. The number of ether oxygens (including phenoxy) is 2. The minimum absolute atomic E-state index is 0.0208. The summed E-state index contributed by atoms with van der Waals surface area (Å²) in [6.45, 7) is 5.31. The number of furan rings is 1. The van der Waals surface area contributed by atoms with Crippen LogP contribution in [0.15, 0.2) is 77.4 Å². The number of aryl methyl sites for hydroxylation is 1. The predicted octanol–water partition coefficient (Wildman–Crippen LogP) is 5.40. The minimum atomic E-state index is -0.702. The van der Waals surface area contributed by atoms with Crippen molar-refractivity contribution in [2.75, 3.05) is 13.2 Å². The number of halogens is 1. The highest BCUT2D eigenvalue weighted by atomic mass is 19.1. The predicted molar refractivity (Wildman–Crippen MR) is 135 cm³/mol. The number of aromatic nitrogens is 2. The van der Waals surface area contributed by atoms with Crippen molar-refractivity contribution in [3.8, 4) is 22.9 Å². The van der Waals surface area contributed by atoms with Gasteiger partial charge in [-0.15, -0.1) is 0 Å². The van der Waals surface area contributed by atoms with Crippen LogP contribution in [0.5, 0.6) is 11.6 Å². The fraction of sp³-hybridized carbons (Fsp3) is 0.321. The maximum absolute atomic E-state index is 13.9. The average Bonchev–Trinajstić information content (AvgIpc) is 3.47. The lowest BCUT2D eigenvalue weighted by Gasteiger charge is -2.25. The van der Waals surface area contributed by atoms with Gasteiger partial charge >= 0.3 is 0 Å². The highest BCUT2D eigenvalue weighted by Gasteiger charge is 2.24. The number of aliphatic hydroxyl groups excluding tert-OH is 1. The maximum atomic E-state index is 13.9. The summed E-state index contributed by atoms with van der Waals surface area (Å²) < 4.78 is 32.9. The summed E-state index contributed by atoms with van der Waals surface area (Å²) in [5, 5.41) is 15.5. The van der Waals surface area contributed by atoms with Crippen LogP contribution >= 0.6 is 0 Å². The second kappa shape index (κ2) is 12.0. The molecule has 1 unspecified atom stereocenters. The lowest BCUT2D eigenvalue weighted by molar-refractivity contribution is -0.0114. The van der Waals surface area contributed by atoms with E-state index < -0.39 is 6.10 Å². The van der Waals surface area contributed by atoms with E-state index in [1.165, 1.54) is 12.1 Å². The minimum Gasteiger partial charge on any atom is -0.468 e. The van der Waals surface area contributed by atoms with Crippen LogP contribution in [0.3, 0.4) is 0 Å². The molecule has 0 bridgehead atoms. The first kappa shape index (κ1) is 25.6. The van der Waals surface area contributed by atoms with Gasteiger partial charge in [0.1, 0.15) is 23.0 Å². The summed E-state index contributed by atoms with van der Waals surface area (Å²) in [6, 6.07) is 19.6. The van der Waals surface area contributed by atoms with Crippen molar-refractivity contribution in [1.29, 1.82) is 0 Å². The largest absolute Gasteiger partial charge is 0.468 e. The first-order chi connectivity index (χ1) is 17.4. The number of hydrogen-bond donors (Lipinski definition) is 1. The van der Waals surface area contributed by atoms with E-state index in [0.717, 1.165) is 22.6 Å². The van der Waals surface area contributed by atoms with Gasteiger partial charge in [0.2, 0.25) is 5.88 Å². The van der Waals surface area contributed by atoms with Gasteiger partial charge in [-0.05, 0) is 38.1 Å². The summed E-state index contributed by atoms with van der Waals surface area (Å²) in [5.74, 6) is 1.26. The van der Waals surface area contributed by atoms with Gasteiger partial charge in [-0.1, -0.05) is 36.4 Å². The smallest absolute Gasteiger partial charge is 0.222 e. The highest BCUT2D eigenvalue weighted by Crippen LogP contribution is 2.34. The lowest BCUT2D eigenvalue weighted by Crippen LogP contribution is -2.35. The van der Waals surface area contributed by atoms with Crippen LogP contribution in [0.1, 0.15) is 25.2 Å². The van der Waals surface area contributed by atoms with Crippen LogP contribution < -0.4 is 4.74 Å². The molecular weight excluding hydrogens is 461 g/mol. The van der Waals surface area contributed by atoms with Crippen LogP contribution in [0.4, 0.5) is 4.39 Å². The van der Waals surface area contributed by atoms with Crippen LogP contribution in [0.25, 0.3) is 11.3 Å². The van der Waals surface area contributed by atoms with Crippen LogP contribution in [-0.4, -0.2) is 45.1 Å². The second-order valence-electron chi connectivity index (χ2n) is 8.97. The fourth-order valence-electron chi connectivity index (χ4n) is 3.98. The van der Waals surface area contributed by atoms with Crippen LogP contribution in [-0.2, 0) is 24.9 Å². The molecule has 0 spiro atoms. The molecule has 0 saturated heterocycles. The number of aliphatic hydroxyl groups is 1. The van der Waals surface area contributed by atoms with E-state index >= 15 is 0 Å². The second-order valence-corrected chi connectivity index (χ2v) is 8.97. The van der Waals surface area contributed by atoms with Gasteiger partial charge in [-0.3, -0.25) is 4.90 Å². The SMILES string of the molecule is CC(C)OCC(O)CN(Cc1ccco1)Cc1c(-c2ccccc2)nn(C)c1Oc1cccc(F)c1.